The van der Waals surface area contributed by atoms with Crippen LogP contribution in [0.25, 0.3) is 21.9 Å². The number of nitrogens with zero attached hydrogens (tertiary/aromatic N) is 3. The lowest BCUT2D eigenvalue weighted by Gasteiger charge is -2.16. The van der Waals surface area contributed by atoms with E-state index in [1.165, 1.54) is 22.0 Å². The summed E-state index contributed by atoms with van der Waals surface area (Å²) < 4.78 is 1.82. The van der Waals surface area contributed by atoms with Crippen molar-refractivity contribution in [3.8, 4) is 0 Å². The molecule has 4 aromatic rings. The second-order valence-corrected chi connectivity index (χ2v) is 7.56. The first kappa shape index (κ1) is 18.2. The summed E-state index contributed by atoms with van der Waals surface area (Å²) >= 11 is 0. The lowest BCUT2D eigenvalue weighted by atomic mass is 10.0. The number of aryl methyl sites for hydroxylation is 1. The molecule has 2 atom stereocenters. The molecule has 0 saturated heterocycles. The first-order chi connectivity index (χ1) is 13.5. The minimum Gasteiger partial charge on any atom is -0.361 e. The van der Waals surface area contributed by atoms with Crippen molar-refractivity contribution in [3.05, 3.63) is 59.8 Å². The average molecular weight is 375 g/mol. The number of hydrogen-bond acceptors (Lipinski definition) is 3. The summed E-state index contributed by atoms with van der Waals surface area (Å²) in [7, 11) is 0. The van der Waals surface area contributed by atoms with Crippen molar-refractivity contribution in [1.29, 1.82) is 0 Å². The van der Waals surface area contributed by atoms with E-state index >= 15 is 0 Å². The number of rotatable bonds is 6. The predicted molar refractivity (Wildman–Crippen MR) is 111 cm³/mol. The second kappa shape index (κ2) is 7.46. The van der Waals surface area contributed by atoms with Gasteiger partial charge < -0.3 is 10.3 Å². The Labute approximate surface area is 163 Å². The normalized spacial score (nSPS) is 13.7. The van der Waals surface area contributed by atoms with Crippen LogP contribution in [0.3, 0.4) is 0 Å². The fourth-order valence-corrected chi connectivity index (χ4v) is 3.81. The molecule has 0 aliphatic carbocycles. The molecule has 6 heteroatoms. The molecule has 2 N–H and O–H groups in total. The third-order valence-electron chi connectivity index (χ3n) is 5.22. The molecule has 0 unspecified atom stereocenters. The van der Waals surface area contributed by atoms with Gasteiger partial charge in [-0.1, -0.05) is 35.5 Å². The number of aromatic nitrogens is 4. The minimum absolute atomic E-state index is 0.0237. The van der Waals surface area contributed by atoms with Crippen LogP contribution >= 0.6 is 0 Å². The Balaban J connectivity index is 1.39. The summed E-state index contributed by atoms with van der Waals surface area (Å²) in [6, 6.07) is 14.1. The van der Waals surface area contributed by atoms with Crippen LogP contribution < -0.4 is 5.32 Å². The SMILES string of the molecule is Cc1cccc2c(C[C@H](C)NC(=O)C[C@@H](C)n3nnc4ccccc43)c[nH]c12. The first-order valence-electron chi connectivity index (χ1n) is 9.68. The van der Waals surface area contributed by atoms with Crippen molar-refractivity contribution in [2.24, 2.45) is 0 Å². The summed E-state index contributed by atoms with van der Waals surface area (Å²) in [5.41, 5.74) is 5.42. The Kier molecular flexibility index (Phi) is 4.86. The summed E-state index contributed by atoms with van der Waals surface area (Å²) in [4.78, 5) is 15.9. The van der Waals surface area contributed by atoms with Gasteiger partial charge in [0.15, 0.2) is 0 Å². The topological polar surface area (TPSA) is 75.6 Å². The monoisotopic (exact) mass is 375 g/mol. The van der Waals surface area contributed by atoms with E-state index in [-0.39, 0.29) is 18.0 Å². The highest BCUT2D eigenvalue weighted by Crippen LogP contribution is 2.22. The summed E-state index contributed by atoms with van der Waals surface area (Å²) in [5, 5.41) is 12.7. The van der Waals surface area contributed by atoms with E-state index in [1.54, 1.807) is 0 Å². The third kappa shape index (κ3) is 3.50. The van der Waals surface area contributed by atoms with E-state index < -0.39 is 0 Å². The van der Waals surface area contributed by atoms with Gasteiger partial charge in [0.25, 0.3) is 0 Å². The Hall–Kier alpha value is -3.15. The second-order valence-electron chi connectivity index (χ2n) is 7.56. The molecule has 0 bridgehead atoms. The zero-order chi connectivity index (χ0) is 19.7. The molecule has 0 fully saturated rings. The van der Waals surface area contributed by atoms with Gasteiger partial charge in [-0.05, 0) is 50.5 Å². The smallest absolute Gasteiger partial charge is 0.222 e. The zero-order valence-corrected chi connectivity index (χ0v) is 16.4. The lowest BCUT2D eigenvalue weighted by Crippen LogP contribution is -2.35. The minimum atomic E-state index is -0.0599. The quantitative estimate of drug-likeness (QED) is 0.536. The van der Waals surface area contributed by atoms with Crippen molar-refractivity contribution in [2.75, 3.05) is 0 Å². The first-order valence-corrected chi connectivity index (χ1v) is 9.68. The Morgan fingerprint density at radius 3 is 2.86 bits per heavy atom. The number of hydrogen-bond donors (Lipinski definition) is 2. The number of carbonyl (C=O) groups is 1. The number of fused-ring (bicyclic) bond motifs is 2. The van der Waals surface area contributed by atoms with Gasteiger partial charge in [-0.3, -0.25) is 4.79 Å². The lowest BCUT2D eigenvalue weighted by molar-refractivity contribution is -0.122. The van der Waals surface area contributed by atoms with Crippen molar-refractivity contribution >= 4 is 27.8 Å². The third-order valence-corrected chi connectivity index (χ3v) is 5.22. The van der Waals surface area contributed by atoms with Crippen LogP contribution in [0.5, 0.6) is 0 Å². The van der Waals surface area contributed by atoms with E-state index in [9.17, 15) is 4.79 Å². The van der Waals surface area contributed by atoms with Gasteiger partial charge in [0.05, 0.1) is 11.6 Å². The predicted octanol–water partition coefficient (Wildman–Crippen LogP) is 3.92. The number of H-pyrrole nitrogens is 1. The van der Waals surface area contributed by atoms with Gasteiger partial charge in [0, 0.05) is 29.6 Å². The number of benzene rings is 2. The maximum atomic E-state index is 12.6. The number of aromatic amines is 1. The molecule has 0 saturated carbocycles. The van der Waals surface area contributed by atoms with E-state index in [2.05, 4.69) is 45.7 Å². The van der Waals surface area contributed by atoms with Gasteiger partial charge in [0.1, 0.15) is 5.52 Å². The molecular formula is C22H25N5O. The highest BCUT2D eigenvalue weighted by atomic mass is 16.1. The molecule has 0 spiro atoms. The molecule has 0 aliphatic rings. The molecular weight excluding hydrogens is 350 g/mol. The summed E-state index contributed by atoms with van der Waals surface area (Å²) in [5.74, 6) is 0.0237. The Bertz CT molecular complexity index is 1130. The maximum Gasteiger partial charge on any atom is 0.222 e. The number of nitrogens with one attached hydrogen (secondary N) is 2. The van der Waals surface area contributed by atoms with Crippen molar-refractivity contribution in [1.82, 2.24) is 25.3 Å². The molecule has 144 valence electrons. The molecule has 2 heterocycles. The molecule has 6 nitrogen and oxygen atoms in total. The largest absolute Gasteiger partial charge is 0.361 e. The van der Waals surface area contributed by atoms with E-state index in [4.69, 9.17) is 0 Å². The fraction of sp³-hybridized carbons (Fsp3) is 0.318. The van der Waals surface area contributed by atoms with Crippen LogP contribution in [0.1, 0.15) is 37.4 Å². The number of carbonyl (C=O) groups excluding carboxylic acids is 1. The van der Waals surface area contributed by atoms with E-state index in [0.29, 0.717) is 6.42 Å². The summed E-state index contributed by atoms with van der Waals surface area (Å²) in [6.45, 7) is 6.14. The number of amides is 1. The van der Waals surface area contributed by atoms with Crippen LogP contribution in [0.4, 0.5) is 0 Å². The molecule has 0 aliphatic heterocycles. The molecule has 2 aromatic heterocycles. The van der Waals surface area contributed by atoms with Gasteiger partial charge in [-0.25, -0.2) is 4.68 Å². The molecule has 28 heavy (non-hydrogen) atoms. The highest BCUT2D eigenvalue weighted by molar-refractivity contribution is 5.86. The molecule has 4 rings (SSSR count). The number of para-hydroxylation sites is 2. The molecule has 2 aromatic carbocycles. The van der Waals surface area contributed by atoms with Crippen LogP contribution in [0.15, 0.2) is 48.7 Å². The maximum absolute atomic E-state index is 12.6. The zero-order valence-electron chi connectivity index (χ0n) is 16.4. The average Bonchev–Trinajstić information content (AvgIpc) is 3.27. The van der Waals surface area contributed by atoms with Crippen LogP contribution in [-0.4, -0.2) is 31.9 Å². The van der Waals surface area contributed by atoms with Crippen LogP contribution in [0, 0.1) is 6.92 Å². The van der Waals surface area contributed by atoms with Crippen molar-refractivity contribution < 1.29 is 4.79 Å². The fourth-order valence-electron chi connectivity index (χ4n) is 3.81. The summed E-state index contributed by atoms with van der Waals surface area (Å²) in [6.07, 6.45) is 3.20. The van der Waals surface area contributed by atoms with Gasteiger partial charge in [-0.2, -0.15) is 0 Å². The molecule has 1 amide bonds. The van der Waals surface area contributed by atoms with Crippen molar-refractivity contribution in [2.45, 2.75) is 45.7 Å². The van der Waals surface area contributed by atoms with Gasteiger partial charge in [-0.15, -0.1) is 5.10 Å². The highest BCUT2D eigenvalue weighted by Gasteiger charge is 2.17. The van der Waals surface area contributed by atoms with E-state index in [1.807, 2.05) is 49.0 Å². The Morgan fingerprint density at radius 1 is 1.18 bits per heavy atom. The molecule has 0 radical (unpaired) electrons. The van der Waals surface area contributed by atoms with Gasteiger partial charge in [0.2, 0.25) is 5.91 Å². The Morgan fingerprint density at radius 2 is 2.00 bits per heavy atom. The van der Waals surface area contributed by atoms with Crippen LogP contribution in [-0.2, 0) is 11.2 Å². The van der Waals surface area contributed by atoms with E-state index in [0.717, 1.165) is 17.5 Å². The standard InChI is InChI=1S/C22H25N5O/c1-14-7-6-8-18-17(13-23-22(14)18)11-15(2)24-21(28)12-16(3)27-20-10-5-4-9-19(20)25-26-27/h4-10,13,15-16,23H,11-12H2,1-3H3,(H,24,28)/t15-,16+/m0/s1. The van der Waals surface area contributed by atoms with Crippen LogP contribution in [0.2, 0.25) is 0 Å². The van der Waals surface area contributed by atoms with Crippen molar-refractivity contribution in [3.63, 3.8) is 0 Å². The van der Waals surface area contributed by atoms with Gasteiger partial charge >= 0.3 is 0 Å².